The van der Waals surface area contributed by atoms with E-state index >= 15 is 0 Å². The van der Waals surface area contributed by atoms with Gasteiger partial charge in [-0.3, -0.25) is 9.59 Å². The molecule has 0 saturated carbocycles. The van der Waals surface area contributed by atoms with Crippen molar-refractivity contribution < 1.29 is 14.0 Å². The van der Waals surface area contributed by atoms with Gasteiger partial charge in [-0.2, -0.15) is 11.8 Å². The first-order valence-electron chi connectivity index (χ1n) is 7.29. The van der Waals surface area contributed by atoms with E-state index in [0.717, 1.165) is 11.3 Å². The average Bonchev–Trinajstić information content (AvgIpc) is 2.51. The molecule has 0 heterocycles. The monoisotopic (exact) mass is 326 g/mol. The SMILES string of the molecule is CCC(=O)N[C@H](CCSC)C(=O)NCc1ccc(F)c(C)c1. The summed E-state index contributed by atoms with van der Waals surface area (Å²) in [6, 6.07) is 4.21. The van der Waals surface area contributed by atoms with E-state index in [-0.39, 0.29) is 17.6 Å². The molecular formula is C16H23FN2O2S. The predicted octanol–water partition coefficient (Wildman–Crippen LogP) is 2.40. The van der Waals surface area contributed by atoms with Crippen molar-refractivity contribution >= 4 is 23.6 Å². The third-order valence-corrected chi connectivity index (χ3v) is 3.92. The van der Waals surface area contributed by atoms with E-state index in [4.69, 9.17) is 0 Å². The number of carbonyl (C=O) groups is 2. The zero-order chi connectivity index (χ0) is 16.5. The lowest BCUT2D eigenvalue weighted by Gasteiger charge is -2.18. The molecule has 0 aliphatic heterocycles. The summed E-state index contributed by atoms with van der Waals surface area (Å²) in [5, 5.41) is 5.53. The normalized spacial score (nSPS) is 11.8. The second kappa shape index (κ2) is 9.46. The molecule has 2 N–H and O–H groups in total. The van der Waals surface area contributed by atoms with E-state index < -0.39 is 6.04 Å². The van der Waals surface area contributed by atoms with E-state index in [0.29, 0.717) is 24.9 Å². The van der Waals surface area contributed by atoms with Crippen LogP contribution in [-0.4, -0.2) is 29.9 Å². The summed E-state index contributed by atoms with van der Waals surface area (Å²) in [6.07, 6.45) is 2.89. The van der Waals surface area contributed by atoms with Crippen molar-refractivity contribution in [2.45, 2.75) is 39.3 Å². The van der Waals surface area contributed by atoms with Crippen LogP contribution >= 0.6 is 11.8 Å². The molecule has 0 bridgehead atoms. The van der Waals surface area contributed by atoms with Gasteiger partial charge in [0.25, 0.3) is 0 Å². The maximum atomic E-state index is 13.2. The Hall–Kier alpha value is -1.56. The van der Waals surface area contributed by atoms with Crippen molar-refractivity contribution in [2.24, 2.45) is 0 Å². The molecular weight excluding hydrogens is 303 g/mol. The first-order chi connectivity index (χ1) is 10.5. The first-order valence-corrected chi connectivity index (χ1v) is 8.68. The molecule has 1 rings (SSSR count). The summed E-state index contributed by atoms with van der Waals surface area (Å²) in [4.78, 5) is 23.7. The molecule has 0 saturated heterocycles. The molecule has 0 aliphatic rings. The fourth-order valence-electron chi connectivity index (χ4n) is 1.93. The van der Waals surface area contributed by atoms with Gasteiger partial charge in [-0.1, -0.05) is 19.1 Å². The number of benzene rings is 1. The number of halogens is 1. The number of thioether (sulfide) groups is 1. The summed E-state index contributed by atoms with van der Waals surface area (Å²) in [5.74, 6) is 0.178. The van der Waals surface area contributed by atoms with Crippen molar-refractivity contribution in [3.63, 3.8) is 0 Å². The standard InChI is InChI=1S/C16H23FN2O2S/c1-4-15(20)19-14(7-8-22-3)16(21)18-10-12-5-6-13(17)11(2)9-12/h5-6,9,14H,4,7-8,10H2,1-3H3,(H,18,21)(H,19,20)/t14-/m1/s1. The Morgan fingerprint density at radius 1 is 1.36 bits per heavy atom. The number of carbonyl (C=O) groups excluding carboxylic acids is 2. The van der Waals surface area contributed by atoms with Gasteiger partial charge in [-0.05, 0) is 42.5 Å². The van der Waals surface area contributed by atoms with Crippen LogP contribution in [-0.2, 0) is 16.1 Å². The molecule has 0 spiro atoms. The maximum Gasteiger partial charge on any atom is 0.242 e. The van der Waals surface area contributed by atoms with Crippen LogP contribution in [0.1, 0.15) is 30.9 Å². The van der Waals surface area contributed by atoms with Crippen LogP contribution in [0.4, 0.5) is 4.39 Å². The molecule has 0 aromatic heterocycles. The molecule has 0 unspecified atom stereocenters. The van der Waals surface area contributed by atoms with E-state index in [2.05, 4.69) is 10.6 Å². The largest absolute Gasteiger partial charge is 0.350 e. The third-order valence-electron chi connectivity index (χ3n) is 3.27. The van der Waals surface area contributed by atoms with E-state index in [9.17, 15) is 14.0 Å². The van der Waals surface area contributed by atoms with Gasteiger partial charge in [0, 0.05) is 13.0 Å². The van der Waals surface area contributed by atoms with Gasteiger partial charge in [0.1, 0.15) is 11.9 Å². The van der Waals surface area contributed by atoms with Crippen molar-refractivity contribution in [3.05, 3.63) is 35.1 Å². The number of nitrogens with one attached hydrogen (secondary N) is 2. The van der Waals surface area contributed by atoms with Crippen molar-refractivity contribution in [1.82, 2.24) is 10.6 Å². The zero-order valence-corrected chi connectivity index (χ0v) is 14.1. The highest BCUT2D eigenvalue weighted by atomic mass is 32.2. The Balaban J connectivity index is 2.61. The van der Waals surface area contributed by atoms with Gasteiger partial charge in [0.2, 0.25) is 11.8 Å². The minimum Gasteiger partial charge on any atom is -0.350 e. The van der Waals surface area contributed by atoms with Crippen molar-refractivity contribution in [1.29, 1.82) is 0 Å². The summed E-state index contributed by atoms with van der Waals surface area (Å²) in [5.41, 5.74) is 1.38. The quantitative estimate of drug-likeness (QED) is 0.771. The molecule has 0 fully saturated rings. The fraction of sp³-hybridized carbons (Fsp3) is 0.500. The highest BCUT2D eigenvalue weighted by Gasteiger charge is 2.19. The second-order valence-corrected chi connectivity index (χ2v) is 6.04. The predicted molar refractivity (Wildman–Crippen MR) is 88.2 cm³/mol. The minimum atomic E-state index is -0.526. The molecule has 1 aromatic carbocycles. The average molecular weight is 326 g/mol. The lowest BCUT2D eigenvalue weighted by Crippen LogP contribution is -2.46. The molecule has 1 aromatic rings. The van der Waals surface area contributed by atoms with Crippen LogP contribution in [0.5, 0.6) is 0 Å². The smallest absolute Gasteiger partial charge is 0.242 e. The number of amides is 2. The first kappa shape index (κ1) is 18.5. The van der Waals surface area contributed by atoms with Crippen LogP contribution in [0.15, 0.2) is 18.2 Å². The zero-order valence-electron chi connectivity index (χ0n) is 13.2. The molecule has 0 radical (unpaired) electrons. The molecule has 0 aliphatic carbocycles. The van der Waals surface area contributed by atoms with E-state index in [1.807, 2.05) is 6.26 Å². The summed E-state index contributed by atoms with van der Waals surface area (Å²) in [7, 11) is 0. The van der Waals surface area contributed by atoms with Gasteiger partial charge in [-0.15, -0.1) is 0 Å². The number of aryl methyl sites for hydroxylation is 1. The topological polar surface area (TPSA) is 58.2 Å². The summed E-state index contributed by atoms with van der Waals surface area (Å²) < 4.78 is 13.2. The number of hydrogen-bond acceptors (Lipinski definition) is 3. The van der Waals surface area contributed by atoms with Crippen LogP contribution in [0, 0.1) is 12.7 Å². The van der Waals surface area contributed by atoms with Crippen LogP contribution in [0.25, 0.3) is 0 Å². The Morgan fingerprint density at radius 2 is 2.09 bits per heavy atom. The number of hydrogen-bond donors (Lipinski definition) is 2. The Labute approximate surface area is 135 Å². The molecule has 4 nitrogen and oxygen atoms in total. The van der Waals surface area contributed by atoms with Gasteiger partial charge < -0.3 is 10.6 Å². The molecule has 22 heavy (non-hydrogen) atoms. The minimum absolute atomic E-state index is 0.140. The second-order valence-electron chi connectivity index (χ2n) is 5.06. The van der Waals surface area contributed by atoms with Crippen LogP contribution in [0.3, 0.4) is 0 Å². The van der Waals surface area contributed by atoms with E-state index in [1.165, 1.54) is 6.07 Å². The fourth-order valence-corrected chi connectivity index (χ4v) is 2.40. The lowest BCUT2D eigenvalue weighted by molar-refractivity contribution is -0.129. The summed E-state index contributed by atoms with van der Waals surface area (Å²) in [6.45, 7) is 3.75. The Kier molecular flexibility index (Phi) is 7.95. The van der Waals surface area contributed by atoms with Gasteiger partial charge >= 0.3 is 0 Å². The molecule has 122 valence electrons. The highest BCUT2D eigenvalue weighted by molar-refractivity contribution is 7.98. The third kappa shape index (κ3) is 6.05. The highest BCUT2D eigenvalue weighted by Crippen LogP contribution is 2.09. The summed E-state index contributed by atoms with van der Waals surface area (Å²) >= 11 is 1.63. The number of rotatable bonds is 8. The lowest BCUT2D eigenvalue weighted by atomic mass is 10.1. The van der Waals surface area contributed by atoms with Crippen molar-refractivity contribution in [2.75, 3.05) is 12.0 Å². The maximum absolute atomic E-state index is 13.2. The molecule has 6 heteroatoms. The molecule has 2 amide bonds. The van der Waals surface area contributed by atoms with E-state index in [1.54, 1.807) is 37.7 Å². The molecule has 1 atom stereocenters. The van der Waals surface area contributed by atoms with Gasteiger partial charge in [0.15, 0.2) is 0 Å². The van der Waals surface area contributed by atoms with Crippen LogP contribution in [0.2, 0.25) is 0 Å². The Bertz CT molecular complexity index is 523. The van der Waals surface area contributed by atoms with Gasteiger partial charge in [0.05, 0.1) is 0 Å². The Morgan fingerprint density at radius 3 is 2.68 bits per heavy atom. The van der Waals surface area contributed by atoms with Crippen molar-refractivity contribution in [3.8, 4) is 0 Å². The van der Waals surface area contributed by atoms with Gasteiger partial charge in [-0.25, -0.2) is 4.39 Å². The van der Waals surface area contributed by atoms with Crippen LogP contribution < -0.4 is 10.6 Å².